The van der Waals surface area contributed by atoms with Gasteiger partial charge in [0.1, 0.15) is 0 Å². The van der Waals surface area contributed by atoms with Crippen molar-refractivity contribution in [2.24, 2.45) is 5.84 Å². The minimum atomic E-state index is -2.94. The zero-order valence-corrected chi connectivity index (χ0v) is 11.0. The highest BCUT2D eigenvalue weighted by molar-refractivity contribution is 7.91. The zero-order valence-electron chi connectivity index (χ0n) is 10.2. The molecule has 0 aromatic carbocycles. The van der Waals surface area contributed by atoms with E-state index in [1.807, 2.05) is 11.8 Å². The van der Waals surface area contributed by atoms with Crippen molar-refractivity contribution in [3.05, 3.63) is 0 Å². The summed E-state index contributed by atoms with van der Waals surface area (Å²) in [7, 11) is -2.94. The number of carbonyl (C=O) groups is 1. The monoisotopic (exact) mass is 263 g/mol. The maximum Gasteiger partial charge on any atom is 0.251 e. The molecule has 1 unspecified atom stereocenters. The topological polar surface area (TPSA) is 92.5 Å². The summed E-state index contributed by atoms with van der Waals surface area (Å²) >= 11 is 0. The molecular formula is C10H21N3O3S. The number of carbonyl (C=O) groups excluding carboxylic acids is 1. The molecule has 1 rings (SSSR count). The highest BCUT2D eigenvalue weighted by Gasteiger charge is 2.28. The summed E-state index contributed by atoms with van der Waals surface area (Å²) in [5, 5.41) is 0. The molecule has 6 nitrogen and oxygen atoms in total. The number of amides is 1. The standard InChI is InChI=1S/C10H21N3O3S/c1-2-4-9(10(14)12-11)13-5-3-7-17(15,16)8-6-13/h9H,2-8,11H2,1H3,(H,12,14). The summed E-state index contributed by atoms with van der Waals surface area (Å²) in [5.41, 5.74) is 2.16. The number of sulfone groups is 1. The highest BCUT2D eigenvalue weighted by Crippen LogP contribution is 2.12. The molecule has 1 fully saturated rings. The van der Waals surface area contributed by atoms with E-state index in [2.05, 4.69) is 5.43 Å². The molecule has 0 radical (unpaired) electrons. The number of nitrogens with two attached hydrogens (primary N) is 1. The van der Waals surface area contributed by atoms with E-state index in [9.17, 15) is 13.2 Å². The lowest BCUT2D eigenvalue weighted by Gasteiger charge is -2.28. The van der Waals surface area contributed by atoms with E-state index in [1.54, 1.807) is 0 Å². The first-order valence-electron chi connectivity index (χ1n) is 5.95. The molecular weight excluding hydrogens is 242 g/mol. The first-order valence-corrected chi connectivity index (χ1v) is 7.77. The largest absolute Gasteiger partial charge is 0.293 e. The van der Waals surface area contributed by atoms with E-state index < -0.39 is 9.84 Å². The van der Waals surface area contributed by atoms with Crippen molar-refractivity contribution in [2.75, 3.05) is 24.6 Å². The SMILES string of the molecule is CCCC(C(=O)NN)N1CCCS(=O)(=O)CC1. The van der Waals surface area contributed by atoms with Crippen molar-refractivity contribution in [1.82, 2.24) is 10.3 Å². The number of hydrogen-bond acceptors (Lipinski definition) is 5. The van der Waals surface area contributed by atoms with Gasteiger partial charge in [-0.3, -0.25) is 15.1 Å². The molecule has 0 aliphatic carbocycles. The molecule has 7 heteroatoms. The van der Waals surface area contributed by atoms with E-state index >= 15 is 0 Å². The van der Waals surface area contributed by atoms with Gasteiger partial charge in [-0.25, -0.2) is 14.3 Å². The number of hydrazine groups is 1. The van der Waals surface area contributed by atoms with Crippen molar-refractivity contribution in [3.8, 4) is 0 Å². The Balaban J connectivity index is 2.71. The Kier molecular flexibility index (Phi) is 5.35. The molecule has 1 aliphatic rings. The van der Waals surface area contributed by atoms with Gasteiger partial charge in [-0.2, -0.15) is 0 Å². The molecule has 1 aliphatic heterocycles. The van der Waals surface area contributed by atoms with Crippen LogP contribution in [0, 0.1) is 0 Å². The fourth-order valence-corrected chi connectivity index (χ4v) is 3.40. The van der Waals surface area contributed by atoms with Crippen molar-refractivity contribution < 1.29 is 13.2 Å². The van der Waals surface area contributed by atoms with Gasteiger partial charge in [0, 0.05) is 6.54 Å². The molecule has 3 N–H and O–H groups in total. The van der Waals surface area contributed by atoms with Gasteiger partial charge in [0.05, 0.1) is 17.5 Å². The van der Waals surface area contributed by atoms with Crippen LogP contribution in [0.1, 0.15) is 26.2 Å². The van der Waals surface area contributed by atoms with Gasteiger partial charge in [-0.15, -0.1) is 0 Å². The van der Waals surface area contributed by atoms with Crippen LogP contribution in [0.4, 0.5) is 0 Å². The first-order chi connectivity index (χ1) is 8.00. The Hall–Kier alpha value is -0.660. The van der Waals surface area contributed by atoms with Crippen LogP contribution in [0.25, 0.3) is 0 Å². The van der Waals surface area contributed by atoms with Gasteiger partial charge >= 0.3 is 0 Å². The van der Waals surface area contributed by atoms with Crippen LogP contribution in [0.5, 0.6) is 0 Å². The third-order valence-electron chi connectivity index (χ3n) is 3.04. The average molecular weight is 263 g/mol. The van der Waals surface area contributed by atoms with Gasteiger partial charge in [0.2, 0.25) is 0 Å². The van der Waals surface area contributed by atoms with Crippen molar-refractivity contribution in [2.45, 2.75) is 32.2 Å². The summed E-state index contributed by atoms with van der Waals surface area (Å²) in [6.45, 7) is 3.04. The Morgan fingerprint density at radius 1 is 1.41 bits per heavy atom. The van der Waals surface area contributed by atoms with Crippen LogP contribution in [0.3, 0.4) is 0 Å². The molecule has 1 atom stereocenters. The molecule has 1 saturated heterocycles. The zero-order chi connectivity index (χ0) is 12.9. The number of hydrogen-bond donors (Lipinski definition) is 2. The third kappa shape index (κ3) is 4.25. The molecule has 1 amide bonds. The van der Waals surface area contributed by atoms with Crippen LogP contribution in [-0.2, 0) is 14.6 Å². The fraction of sp³-hybridized carbons (Fsp3) is 0.900. The predicted molar refractivity (Wildman–Crippen MR) is 65.9 cm³/mol. The van der Waals surface area contributed by atoms with E-state index in [0.29, 0.717) is 25.9 Å². The van der Waals surface area contributed by atoms with Crippen LogP contribution in [-0.4, -0.2) is 49.9 Å². The summed E-state index contributed by atoms with van der Waals surface area (Å²) < 4.78 is 23.0. The minimum absolute atomic E-state index is 0.130. The lowest BCUT2D eigenvalue weighted by Crippen LogP contribution is -2.49. The smallest absolute Gasteiger partial charge is 0.251 e. The molecule has 0 bridgehead atoms. The lowest BCUT2D eigenvalue weighted by atomic mass is 10.1. The van der Waals surface area contributed by atoms with E-state index in [0.717, 1.165) is 6.42 Å². The maximum atomic E-state index is 11.6. The third-order valence-corrected chi connectivity index (χ3v) is 4.75. The average Bonchev–Trinajstić information content (AvgIpc) is 2.46. The number of nitrogens with one attached hydrogen (secondary N) is 1. The van der Waals surface area contributed by atoms with Crippen LogP contribution in [0.15, 0.2) is 0 Å². The second-order valence-electron chi connectivity index (χ2n) is 4.35. The molecule has 0 aromatic rings. The van der Waals surface area contributed by atoms with Crippen molar-refractivity contribution in [1.29, 1.82) is 0 Å². The molecule has 0 spiro atoms. The quantitative estimate of drug-likeness (QED) is 0.396. The van der Waals surface area contributed by atoms with Gasteiger partial charge in [-0.1, -0.05) is 13.3 Å². The summed E-state index contributed by atoms with van der Waals surface area (Å²) in [6.07, 6.45) is 2.14. The Bertz CT molecular complexity index is 356. The Labute approximate surface area is 102 Å². The normalized spacial score (nSPS) is 22.7. The summed E-state index contributed by atoms with van der Waals surface area (Å²) in [4.78, 5) is 13.6. The first kappa shape index (κ1) is 14.4. The maximum absolute atomic E-state index is 11.6. The molecule has 0 aromatic heterocycles. The molecule has 1 heterocycles. The van der Waals surface area contributed by atoms with Crippen LogP contribution >= 0.6 is 0 Å². The van der Waals surface area contributed by atoms with Crippen LogP contribution < -0.4 is 11.3 Å². The molecule has 100 valence electrons. The van der Waals surface area contributed by atoms with E-state index in [-0.39, 0.29) is 23.5 Å². The van der Waals surface area contributed by atoms with E-state index in [1.165, 1.54) is 0 Å². The highest BCUT2D eigenvalue weighted by atomic mass is 32.2. The van der Waals surface area contributed by atoms with E-state index in [4.69, 9.17) is 5.84 Å². The second kappa shape index (κ2) is 6.32. The van der Waals surface area contributed by atoms with Gasteiger partial charge < -0.3 is 0 Å². The Morgan fingerprint density at radius 3 is 2.71 bits per heavy atom. The Morgan fingerprint density at radius 2 is 2.12 bits per heavy atom. The van der Waals surface area contributed by atoms with Gasteiger partial charge in [-0.05, 0) is 19.4 Å². The van der Waals surface area contributed by atoms with Gasteiger partial charge in [0.15, 0.2) is 9.84 Å². The number of rotatable bonds is 4. The van der Waals surface area contributed by atoms with Crippen molar-refractivity contribution in [3.63, 3.8) is 0 Å². The van der Waals surface area contributed by atoms with Crippen molar-refractivity contribution >= 4 is 15.7 Å². The minimum Gasteiger partial charge on any atom is -0.293 e. The fourth-order valence-electron chi connectivity index (χ4n) is 2.12. The predicted octanol–water partition coefficient (Wildman–Crippen LogP) is -0.734. The van der Waals surface area contributed by atoms with Crippen LogP contribution in [0.2, 0.25) is 0 Å². The number of nitrogens with zero attached hydrogens (tertiary/aromatic N) is 1. The summed E-state index contributed by atoms with van der Waals surface area (Å²) in [6, 6.07) is -0.307. The summed E-state index contributed by atoms with van der Waals surface area (Å²) in [5.74, 6) is 5.27. The van der Waals surface area contributed by atoms with Gasteiger partial charge in [0.25, 0.3) is 5.91 Å². The molecule has 0 saturated carbocycles. The molecule has 17 heavy (non-hydrogen) atoms. The second-order valence-corrected chi connectivity index (χ2v) is 6.66. The lowest BCUT2D eigenvalue weighted by molar-refractivity contribution is -0.126.